The van der Waals surface area contributed by atoms with Gasteiger partial charge in [-0.3, -0.25) is 4.79 Å². The summed E-state index contributed by atoms with van der Waals surface area (Å²) in [6.45, 7) is 0.342. The Morgan fingerprint density at radius 1 is 1.26 bits per heavy atom. The van der Waals surface area contributed by atoms with Gasteiger partial charge in [0.05, 0.1) is 16.8 Å². The summed E-state index contributed by atoms with van der Waals surface area (Å²) in [6, 6.07) is 7.02. The van der Waals surface area contributed by atoms with E-state index in [2.05, 4.69) is 15.3 Å². The van der Waals surface area contributed by atoms with Gasteiger partial charge in [0.25, 0.3) is 5.91 Å². The Morgan fingerprint density at radius 3 is 2.87 bits per heavy atom. The molecule has 0 radical (unpaired) electrons. The van der Waals surface area contributed by atoms with E-state index in [1.165, 1.54) is 6.07 Å². The van der Waals surface area contributed by atoms with E-state index in [9.17, 15) is 13.6 Å². The molecule has 3 rings (SSSR count). The van der Waals surface area contributed by atoms with Gasteiger partial charge in [-0.2, -0.15) is 0 Å². The molecule has 1 aromatic carbocycles. The number of nitrogens with zero attached hydrogens (tertiary/aromatic N) is 1. The molecule has 0 atom stereocenters. The fraction of sp³-hybridized carbons (Fsp3) is 0.125. The molecule has 0 aliphatic heterocycles. The van der Waals surface area contributed by atoms with Crippen LogP contribution in [0, 0.1) is 11.6 Å². The zero-order valence-electron chi connectivity index (χ0n) is 12.0. The van der Waals surface area contributed by atoms with Gasteiger partial charge in [-0.05, 0) is 29.6 Å². The summed E-state index contributed by atoms with van der Waals surface area (Å²) in [4.78, 5) is 20.4. The quantitative estimate of drug-likeness (QED) is 0.752. The lowest BCUT2D eigenvalue weighted by Crippen LogP contribution is -2.26. The Balaban J connectivity index is 1.55. The van der Waals surface area contributed by atoms with Gasteiger partial charge in [-0.15, -0.1) is 11.3 Å². The van der Waals surface area contributed by atoms with E-state index in [0.29, 0.717) is 13.0 Å². The Morgan fingerprint density at radius 2 is 2.13 bits per heavy atom. The molecule has 118 valence electrons. The van der Waals surface area contributed by atoms with Crippen molar-refractivity contribution < 1.29 is 13.6 Å². The van der Waals surface area contributed by atoms with Crippen LogP contribution in [-0.4, -0.2) is 22.4 Å². The highest BCUT2D eigenvalue weighted by atomic mass is 32.1. The van der Waals surface area contributed by atoms with E-state index < -0.39 is 17.5 Å². The van der Waals surface area contributed by atoms with Gasteiger partial charge < -0.3 is 10.3 Å². The van der Waals surface area contributed by atoms with Crippen molar-refractivity contribution in [1.82, 2.24) is 15.3 Å². The van der Waals surface area contributed by atoms with Gasteiger partial charge >= 0.3 is 0 Å². The minimum Gasteiger partial charge on any atom is -0.352 e. The van der Waals surface area contributed by atoms with Crippen molar-refractivity contribution in [3.8, 4) is 10.6 Å². The molecular weight excluding hydrogens is 320 g/mol. The number of aromatic amines is 1. The molecule has 3 aromatic rings. The average molecular weight is 333 g/mol. The molecule has 0 bridgehead atoms. The third kappa shape index (κ3) is 3.62. The third-order valence-electron chi connectivity index (χ3n) is 3.24. The first-order valence-electron chi connectivity index (χ1n) is 6.94. The fourth-order valence-corrected chi connectivity index (χ4v) is 2.77. The number of hydrogen-bond acceptors (Lipinski definition) is 3. The van der Waals surface area contributed by atoms with Gasteiger partial charge in [-0.1, -0.05) is 6.07 Å². The minimum absolute atomic E-state index is 0.0858. The molecule has 1 amide bonds. The van der Waals surface area contributed by atoms with Crippen molar-refractivity contribution in [3.63, 3.8) is 0 Å². The van der Waals surface area contributed by atoms with Gasteiger partial charge in [0, 0.05) is 18.5 Å². The summed E-state index contributed by atoms with van der Waals surface area (Å²) in [7, 11) is 0. The zero-order valence-corrected chi connectivity index (χ0v) is 12.8. The molecular formula is C16H13F2N3OS. The van der Waals surface area contributed by atoms with Gasteiger partial charge in [0.1, 0.15) is 5.82 Å². The molecule has 4 nitrogen and oxygen atoms in total. The molecule has 2 heterocycles. The number of imidazole rings is 1. The molecule has 0 saturated heterocycles. The number of amides is 1. The highest BCUT2D eigenvalue weighted by Crippen LogP contribution is 2.22. The number of hydrogen-bond donors (Lipinski definition) is 2. The lowest BCUT2D eigenvalue weighted by atomic mass is 10.2. The van der Waals surface area contributed by atoms with Gasteiger partial charge in [0.2, 0.25) is 0 Å². The highest BCUT2D eigenvalue weighted by molar-refractivity contribution is 7.13. The molecule has 23 heavy (non-hydrogen) atoms. The van der Waals surface area contributed by atoms with Crippen LogP contribution < -0.4 is 5.32 Å². The summed E-state index contributed by atoms with van der Waals surface area (Å²) in [5.41, 5.74) is 1.02. The van der Waals surface area contributed by atoms with E-state index in [-0.39, 0.29) is 5.56 Å². The molecule has 0 fully saturated rings. The van der Waals surface area contributed by atoms with Gasteiger partial charge in [0.15, 0.2) is 11.6 Å². The van der Waals surface area contributed by atoms with Gasteiger partial charge in [-0.25, -0.2) is 13.8 Å². The molecule has 0 unspecified atom stereocenters. The van der Waals surface area contributed by atoms with E-state index >= 15 is 0 Å². The maximum Gasteiger partial charge on any atom is 0.251 e. The van der Waals surface area contributed by atoms with E-state index in [1.807, 2.05) is 17.5 Å². The van der Waals surface area contributed by atoms with Crippen molar-refractivity contribution in [2.24, 2.45) is 0 Å². The van der Waals surface area contributed by atoms with Crippen molar-refractivity contribution in [2.75, 3.05) is 6.54 Å². The fourth-order valence-electron chi connectivity index (χ4n) is 2.08. The predicted molar refractivity (Wildman–Crippen MR) is 84.3 cm³/mol. The van der Waals surface area contributed by atoms with Crippen molar-refractivity contribution in [1.29, 1.82) is 0 Å². The number of carbonyl (C=O) groups excluding carboxylic acids is 1. The molecule has 2 N–H and O–H groups in total. The van der Waals surface area contributed by atoms with E-state index in [4.69, 9.17) is 0 Å². The predicted octanol–water partition coefficient (Wildman–Crippen LogP) is 3.39. The summed E-state index contributed by atoms with van der Waals surface area (Å²) < 4.78 is 25.9. The number of H-pyrrole nitrogens is 1. The second-order valence-electron chi connectivity index (χ2n) is 4.86. The van der Waals surface area contributed by atoms with Crippen LogP contribution in [0.4, 0.5) is 8.78 Å². The number of thiophene rings is 1. The molecule has 2 aromatic heterocycles. The average Bonchev–Trinajstić information content (AvgIpc) is 3.20. The van der Waals surface area contributed by atoms with Crippen LogP contribution >= 0.6 is 11.3 Å². The Hall–Kier alpha value is -2.54. The maximum absolute atomic E-state index is 13.1. The molecule has 0 aliphatic carbocycles. The normalized spacial score (nSPS) is 10.7. The maximum atomic E-state index is 13.1. The van der Waals surface area contributed by atoms with Crippen LogP contribution in [0.15, 0.2) is 41.9 Å². The Labute approximate surface area is 135 Å². The van der Waals surface area contributed by atoms with Crippen LogP contribution in [0.25, 0.3) is 10.6 Å². The summed E-state index contributed by atoms with van der Waals surface area (Å²) >= 11 is 1.61. The second kappa shape index (κ2) is 6.70. The van der Waals surface area contributed by atoms with Crippen LogP contribution in [-0.2, 0) is 6.42 Å². The lowest BCUT2D eigenvalue weighted by Gasteiger charge is -2.04. The van der Waals surface area contributed by atoms with Crippen molar-refractivity contribution in [2.45, 2.75) is 6.42 Å². The Kier molecular flexibility index (Phi) is 4.47. The number of rotatable bonds is 5. The first-order valence-corrected chi connectivity index (χ1v) is 7.82. The Bertz CT molecular complexity index is 815. The molecule has 0 aliphatic rings. The number of halogens is 2. The molecule has 0 spiro atoms. The summed E-state index contributed by atoms with van der Waals surface area (Å²) in [5, 5.41) is 4.64. The van der Waals surface area contributed by atoms with Crippen LogP contribution in [0.5, 0.6) is 0 Å². The minimum atomic E-state index is -1.04. The molecule has 0 saturated carbocycles. The monoisotopic (exact) mass is 333 g/mol. The first-order chi connectivity index (χ1) is 11.1. The van der Waals surface area contributed by atoms with E-state index in [1.54, 1.807) is 17.5 Å². The van der Waals surface area contributed by atoms with E-state index in [0.717, 1.165) is 28.5 Å². The standard InChI is InChI=1S/C16H13F2N3OS/c17-11-4-3-10(8-12(11)18)16(22)19-6-5-15-20-9-13(21-15)14-2-1-7-23-14/h1-4,7-9H,5-6H2,(H,19,22)(H,20,21). The third-order valence-corrected chi connectivity index (χ3v) is 4.15. The number of benzene rings is 1. The largest absolute Gasteiger partial charge is 0.352 e. The summed E-state index contributed by atoms with van der Waals surface area (Å²) in [5.74, 6) is -1.71. The lowest BCUT2D eigenvalue weighted by molar-refractivity contribution is 0.0953. The van der Waals surface area contributed by atoms with Crippen molar-refractivity contribution >= 4 is 17.2 Å². The topological polar surface area (TPSA) is 57.8 Å². The SMILES string of the molecule is O=C(NCCc1ncc(-c2cccs2)[nH]1)c1ccc(F)c(F)c1. The first kappa shape index (κ1) is 15.4. The number of aromatic nitrogens is 2. The summed E-state index contributed by atoms with van der Waals surface area (Å²) in [6.07, 6.45) is 2.26. The van der Waals surface area contributed by atoms with Crippen molar-refractivity contribution in [3.05, 3.63) is 64.9 Å². The number of nitrogens with one attached hydrogen (secondary N) is 2. The van der Waals surface area contributed by atoms with Crippen LogP contribution in [0.2, 0.25) is 0 Å². The van der Waals surface area contributed by atoms with Crippen LogP contribution in [0.3, 0.4) is 0 Å². The number of carbonyl (C=O) groups is 1. The highest BCUT2D eigenvalue weighted by Gasteiger charge is 2.10. The zero-order chi connectivity index (χ0) is 16.2. The smallest absolute Gasteiger partial charge is 0.251 e. The second-order valence-corrected chi connectivity index (χ2v) is 5.80. The molecule has 7 heteroatoms. The van der Waals surface area contributed by atoms with Crippen LogP contribution in [0.1, 0.15) is 16.2 Å².